The summed E-state index contributed by atoms with van der Waals surface area (Å²) >= 11 is 0. The molecule has 0 aromatic rings. The third-order valence-electron chi connectivity index (χ3n) is 2.32. The van der Waals surface area contributed by atoms with Crippen LogP contribution in [0.3, 0.4) is 0 Å². The molecule has 0 aromatic carbocycles. The Morgan fingerprint density at radius 2 is 2.27 bits per heavy atom. The van der Waals surface area contributed by atoms with Gasteiger partial charge in [0.1, 0.15) is 6.04 Å². The molecule has 1 N–H and O–H groups in total. The van der Waals surface area contributed by atoms with E-state index in [1.807, 2.05) is 0 Å². The summed E-state index contributed by atoms with van der Waals surface area (Å²) in [6, 6.07) is -0.733. The first kappa shape index (κ1) is 11.5. The highest BCUT2D eigenvalue weighted by Crippen LogP contribution is 2.09. The van der Waals surface area contributed by atoms with Crippen molar-refractivity contribution in [1.82, 2.24) is 10.2 Å². The predicted molar refractivity (Wildman–Crippen MR) is 50.8 cm³/mol. The van der Waals surface area contributed by atoms with Gasteiger partial charge in [-0.3, -0.25) is 14.4 Å². The molecular formula is C9H14N2O4. The van der Waals surface area contributed by atoms with Crippen molar-refractivity contribution in [3.05, 3.63) is 0 Å². The smallest absolute Gasteiger partial charge is 0.308 e. The number of hydrogen-bond donors (Lipinski definition) is 1. The summed E-state index contributed by atoms with van der Waals surface area (Å²) in [5, 5.41) is 2.61. The number of piperazine rings is 1. The van der Waals surface area contributed by atoms with Gasteiger partial charge in [0.25, 0.3) is 0 Å². The molecule has 84 valence electrons. The van der Waals surface area contributed by atoms with Crippen LogP contribution in [-0.2, 0) is 19.1 Å². The molecule has 15 heavy (non-hydrogen) atoms. The largest absolute Gasteiger partial charge is 0.469 e. The number of nitrogens with one attached hydrogen (secondary N) is 1. The number of carbonyl (C=O) groups is 3. The first-order valence-corrected chi connectivity index (χ1v) is 4.68. The van der Waals surface area contributed by atoms with Gasteiger partial charge in [0.15, 0.2) is 0 Å². The molecule has 1 heterocycles. The third kappa shape index (κ3) is 2.68. The molecule has 0 aliphatic carbocycles. The molecular weight excluding hydrogens is 200 g/mol. The van der Waals surface area contributed by atoms with Gasteiger partial charge in [-0.15, -0.1) is 0 Å². The van der Waals surface area contributed by atoms with Crippen LogP contribution in [0.25, 0.3) is 0 Å². The van der Waals surface area contributed by atoms with Crippen LogP contribution in [0.1, 0.15) is 13.3 Å². The van der Waals surface area contributed by atoms with E-state index in [2.05, 4.69) is 10.1 Å². The standard InChI is InChI=1S/C9H14N2O4/c1-6(12)11-4-3-10-9(14)7(11)5-8(13)15-2/h7H,3-5H2,1-2H3,(H,10,14)/t7-/m0/s1. The van der Waals surface area contributed by atoms with E-state index in [1.165, 1.54) is 18.9 Å². The summed E-state index contributed by atoms with van der Waals surface area (Å²) in [5.41, 5.74) is 0. The molecule has 0 aromatic heterocycles. The van der Waals surface area contributed by atoms with E-state index in [-0.39, 0.29) is 18.2 Å². The summed E-state index contributed by atoms with van der Waals surface area (Å²) in [4.78, 5) is 35.1. The minimum Gasteiger partial charge on any atom is -0.469 e. The lowest BCUT2D eigenvalue weighted by Crippen LogP contribution is -2.57. The molecule has 6 nitrogen and oxygen atoms in total. The highest BCUT2D eigenvalue weighted by molar-refractivity contribution is 5.91. The van der Waals surface area contributed by atoms with Crippen LogP contribution in [0, 0.1) is 0 Å². The fourth-order valence-electron chi connectivity index (χ4n) is 1.54. The van der Waals surface area contributed by atoms with Crippen molar-refractivity contribution in [1.29, 1.82) is 0 Å². The van der Waals surface area contributed by atoms with Crippen LogP contribution in [0.4, 0.5) is 0 Å². The fraction of sp³-hybridized carbons (Fsp3) is 0.667. The highest BCUT2D eigenvalue weighted by Gasteiger charge is 2.33. The number of rotatable bonds is 2. The monoisotopic (exact) mass is 214 g/mol. The van der Waals surface area contributed by atoms with Crippen molar-refractivity contribution < 1.29 is 19.1 Å². The molecule has 0 saturated carbocycles. The zero-order chi connectivity index (χ0) is 11.4. The van der Waals surface area contributed by atoms with Crippen LogP contribution in [0.15, 0.2) is 0 Å². The van der Waals surface area contributed by atoms with Crippen molar-refractivity contribution in [2.24, 2.45) is 0 Å². The lowest BCUT2D eigenvalue weighted by atomic mass is 10.1. The second-order valence-corrected chi connectivity index (χ2v) is 3.30. The lowest BCUT2D eigenvalue weighted by Gasteiger charge is -2.33. The zero-order valence-corrected chi connectivity index (χ0v) is 8.78. The second kappa shape index (κ2) is 4.77. The number of nitrogens with zero attached hydrogens (tertiary/aromatic N) is 1. The molecule has 0 spiro atoms. The van der Waals surface area contributed by atoms with Crippen LogP contribution in [0.2, 0.25) is 0 Å². The molecule has 1 fully saturated rings. The van der Waals surface area contributed by atoms with Gasteiger partial charge in [-0.2, -0.15) is 0 Å². The number of methoxy groups -OCH3 is 1. The van der Waals surface area contributed by atoms with E-state index in [1.54, 1.807) is 0 Å². The Balaban J connectivity index is 2.73. The summed E-state index contributed by atoms with van der Waals surface area (Å²) in [5.74, 6) is -1.01. The van der Waals surface area contributed by atoms with E-state index in [0.717, 1.165) is 0 Å². The van der Waals surface area contributed by atoms with Crippen molar-refractivity contribution in [2.45, 2.75) is 19.4 Å². The number of esters is 1. The van der Waals surface area contributed by atoms with Crippen LogP contribution in [0.5, 0.6) is 0 Å². The summed E-state index contributed by atoms with van der Waals surface area (Å²) in [6.45, 7) is 2.24. The maximum absolute atomic E-state index is 11.4. The van der Waals surface area contributed by atoms with Crippen molar-refractivity contribution >= 4 is 17.8 Å². The molecule has 1 aliphatic heterocycles. The molecule has 0 unspecified atom stereocenters. The Bertz CT molecular complexity index is 290. The van der Waals surface area contributed by atoms with Gasteiger partial charge in [0.05, 0.1) is 13.5 Å². The number of ether oxygens (including phenoxy) is 1. The van der Waals surface area contributed by atoms with Crippen LogP contribution >= 0.6 is 0 Å². The summed E-state index contributed by atoms with van der Waals surface area (Å²) < 4.78 is 4.47. The average molecular weight is 214 g/mol. The van der Waals surface area contributed by atoms with Crippen LogP contribution < -0.4 is 5.32 Å². The highest BCUT2D eigenvalue weighted by atomic mass is 16.5. The molecule has 2 amide bonds. The lowest BCUT2D eigenvalue weighted by molar-refractivity contribution is -0.149. The third-order valence-corrected chi connectivity index (χ3v) is 2.32. The Labute approximate surface area is 87.6 Å². The van der Waals surface area contributed by atoms with E-state index >= 15 is 0 Å². The van der Waals surface area contributed by atoms with E-state index in [4.69, 9.17) is 0 Å². The zero-order valence-electron chi connectivity index (χ0n) is 8.78. The van der Waals surface area contributed by atoms with Crippen molar-refractivity contribution in [3.63, 3.8) is 0 Å². The van der Waals surface area contributed by atoms with E-state index in [0.29, 0.717) is 13.1 Å². The Kier molecular flexibility index (Phi) is 3.65. The van der Waals surface area contributed by atoms with E-state index in [9.17, 15) is 14.4 Å². The number of amides is 2. The Morgan fingerprint density at radius 3 is 2.80 bits per heavy atom. The maximum atomic E-state index is 11.4. The quantitative estimate of drug-likeness (QED) is 0.592. The first-order valence-electron chi connectivity index (χ1n) is 4.68. The molecule has 1 rings (SSSR count). The van der Waals surface area contributed by atoms with E-state index < -0.39 is 12.0 Å². The predicted octanol–water partition coefficient (Wildman–Crippen LogP) is -1.10. The molecule has 0 bridgehead atoms. The van der Waals surface area contributed by atoms with Gasteiger partial charge >= 0.3 is 5.97 Å². The molecule has 1 saturated heterocycles. The minimum atomic E-state index is -0.733. The fourth-order valence-corrected chi connectivity index (χ4v) is 1.54. The molecule has 1 aliphatic rings. The van der Waals surface area contributed by atoms with Gasteiger partial charge in [-0.25, -0.2) is 0 Å². The van der Waals surface area contributed by atoms with Gasteiger partial charge in [0, 0.05) is 20.0 Å². The molecule has 1 atom stereocenters. The van der Waals surface area contributed by atoms with Crippen molar-refractivity contribution in [2.75, 3.05) is 20.2 Å². The molecule has 0 radical (unpaired) electrons. The molecule has 6 heteroatoms. The topological polar surface area (TPSA) is 75.7 Å². The van der Waals surface area contributed by atoms with Gasteiger partial charge in [-0.1, -0.05) is 0 Å². The van der Waals surface area contributed by atoms with Gasteiger partial charge in [-0.05, 0) is 0 Å². The number of carbonyl (C=O) groups excluding carboxylic acids is 3. The summed E-state index contributed by atoms with van der Waals surface area (Å²) in [7, 11) is 1.25. The SMILES string of the molecule is COC(=O)C[C@H]1C(=O)NCCN1C(C)=O. The number of hydrogen-bond acceptors (Lipinski definition) is 4. The minimum absolute atomic E-state index is 0.0953. The average Bonchev–Trinajstić information content (AvgIpc) is 2.20. The van der Waals surface area contributed by atoms with Gasteiger partial charge < -0.3 is 15.0 Å². The maximum Gasteiger partial charge on any atom is 0.308 e. The van der Waals surface area contributed by atoms with Gasteiger partial charge in [0.2, 0.25) is 11.8 Å². The Morgan fingerprint density at radius 1 is 1.60 bits per heavy atom. The first-order chi connectivity index (χ1) is 7.06. The normalized spacial score (nSPS) is 20.8. The Hall–Kier alpha value is -1.59. The van der Waals surface area contributed by atoms with Crippen molar-refractivity contribution in [3.8, 4) is 0 Å². The van der Waals surface area contributed by atoms with Crippen LogP contribution in [-0.4, -0.2) is 48.9 Å². The second-order valence-electron chi connectivity index (χ2n) is 3.30. The summed E-state index contributed by atoms with van der Waals surface area (Å²) in [6.07, 6.45) is -0.0953.